The van der Waals surface area contributed by atoms with Gasteiger partial charge in [-0.15, -0.1) is 11.3 Å². The van der Waals surface area contributed by atoms with Crippen LogP contribution in [0.2, 0.25) is 0 Å². The van der Waals surface area contributed by atoms with Crippen molar-refractivity contribution in [2.45, 2.75) is 13.1 Å². The van der Waals surface area contributed by atoms with Crippen molar-refractivity contribution in [3.8, 4) is 22.1 Å². The number of ether oxygens (including phenoxy) is 2. The Morgan fingerprint density at radius 3 is 2.91 bits per heavy atom. The number of rotatable bonds is 5. The molecule has 0 atom stereocenters. The zero-order valence-corrected chi connectivity index (χ0v) is 14.4. The highest BCUT2D eigenvalue weighted by molar-refractivity contribution is 9.10. The van der Waals surface area contributed by atoms with Gasteiger partial charge in [0, 0.05) is 19.3 Å². The molecule has 1 aliphatic heterocycles. The van der Waals surface area contributed by atoms with Crippen molar-refractivity contribution in [1.82, 2.24) is 10.3 Å². The van der Waals surface area contributed by atoms with Crippen LogP contribution in [0.3, 0.4) is 0 Å². The predicted octanol–water partition coefficient (Wildman–Crippen LogP) is 4.18. The van der Waals surface area contributed by atoms with Gasteiger partial charge in [0.25, 0.3) is 0 Å². The molecule has 1 aromatic carbocycles. The monoisotopic (exact) mass is 392 g/mol. The van der Waals surface area contributed by atoms with Gasteiger partial charge in [0.15, 0.2) is 16.2 Å². The highest BCUT2D eigenvalue weighted by Crippen LogP contribution is 2.32. The van der Waals surface area contributed by atoms with Crippen LogP contribution in [0, 0.1) is 0 Å². The first-order chi connectivity index (χ1) is 11.3. The Morgan fingerprint density at radius 1 is 1.13 bits per heavy atom. The van der Waals surface area contributed by atoms with Crippen LogP contribution < -0.4 is 14.8 Å². The number of benzene rings is 1. The summed E-state index contributed by atoms with van der Waals surface area (Å²) >= 11 is 4.93. The molecule has 0 aliphatic carbocycles. The van der Waals surface area contributed by atoms with Crippen molar-refractivity contribution in [2.75, 3.05) is 6.79 Å². The van der Waals surface area contributed by atoms with Crippen molar-refractivity contribution >= 4 is 27.3 Å². The summed E-state index contributed by atoms with van der Waals surface area (Å²) in [4.78, 5) is 5.45. The van der Waals surface area contributed by atoms with Crippen LogP contribution in [-0.2, 0) is 13.1 Å². The SMILES string of the molecule is Brc1ccc(-c2cnc(CNCc3ccc4c(c3)OCO4)s2)o1. The van der Waals surface area contributed by atoms with Gasteiger partial charge < -0.3 is 19.2 Å². The molecule has 0 spiro atoms. The average Bonchev–Trinajstić information content (AvgIpc) is 3.26. The number of furan rings is 1. The fourth-order valence-electron chi connectivity index (χ4n) is 2.32. The maximum absolute atomic E-state index is 5.54. The molecule has 0 bridgehead atoms. The lowest BCUT2D eigenvalue weighted by atomic mass is 10.2. The third kappa shape index (κ3) is 3.26. The number of hydrogen-bond acceptors (Lipinski definition) is 6. The van der Waals surface area contributed by atoms with Crippen molar-refractivity contribution < 1.29 is 13.9 Å². The van der Waals surface area contributed by atoms with E-state index in [0.29, 0.717) is 13.3 Å². The number of nitrogens with zero attached hydrogens (tertiary/aromatic N) is 1. The van der Waals surface area contributed by atoms with Gasteiger partial charge in [0.1, 0.15) is 10.8 Å². The maximum Gasteiger partial charge on any atom is 0.231 e. The summed E-state index contributed by atoms with van der Waals surface area (Å²) in [5.74, 6) is 2.45. The molecule has 1 N–H and O–H groups in total. The second-order valence-corrected chi connectivity index (χ2v) is 6.91. The quantitative estimate of drug-likeness (QED) is 0.705. The third-order valence-electron chi connectivity index (χ3n) is 3.41. The van der Waals surface area contributed by atoms with Crippen molar-refractivity contribution in [3.05, 3.63) is 51.8 Å². The fraction of sp³-hybridized carbons (Fsp3) is 0.188. The summed E-state index contributed by atoms with van der Waals surface area (Å²) in [5, 5.41) is 4.41. The Morgan fingerprint density at radius 2 is 2.04 bits per heavy atom. The van der Waals surface area contributed by atoms with E-state index in [1.165, 1.54) is 0 Å². The molecule has 1 aliphatic rings. The molecule has 4 rings (SSSR count). The first kappa shape index (κ1) is 14.7. The molecule has 3 heterocycles. The van der Waals surface area contributed by atoms with E-state index in [2.05, 4.69) is 26.2 Å². The zero-order chi connectivity index (χ0) is 15.6. The molecule has 0 saturated heterocycles. The Bertz CT molecular complexity index is 830. The number of aromatic nitrogens is 1. The van der Waals surface area contributed by atoms with Crippen molar-refractivity contribution in [3.63, 3.8) is 0 Å². The van der Waals surface area contributed by atoms with Crippen LogP contribution in [0.25, 0.3) is 10.6 Å². The Hall–Kier alpha value is -1.83. The first-order valence-corrected chi connectivity index (χ1v) is 8.68. The van der Waals surface area contributed by atoms with E-state index < -0.39 is 0 Å². The fourth-order valence-corrected chi connectivity index (χ4v) is 3.47. The number of nitrogens with one attached hydrogen (secondary N) is 1. The van der Waals surface area contributed by atoms with Crippen LogP contribution >= 0.6 is 27.3 Å². The lowest BCUT2D eigenvalue weighted by Gasteiger charge is -2.04. The Kier molecular flexibility index (Phi) is 4.07. The minimum atomic E-state index is 0.303. The summed E-state index contributed by atoms with van der Waals surface area (Å²) in [6.07, 6.45) is 1.84. The molecule has 0 fully saturated rings. The van der Waals surface area contributed by atoms with Gasteiger partial charge in [-0.3, -0.25) is 0 Å². The molecule has 0 unspecified atom stereocenters. The van der Waals surface area contributed by atoms with E-state index in [4.69, 9.17) is 13.9 Å². The smallest absolute Gasteiger partial charge is 0.231 e. The zero-order valence-electron chi connectivity index (χ0n) is 12.0. The molecule has 118 valence electrons. The van der Waals surface area contributed by atoms with E-state index in [-0.39, 0.29) is 0 Å². The van der Waals surface area contributed by atoms with E-state index in [1.807, 2.05) is 36.5 Å². The van der Waals surface area contributed by atoms with Crippen molar-refractivity contribution in [1.29, 1.82) is 0 Å². The van der Waals surface area contributed by atoms with Gasteiger partial charge in [-0.1, -0.05) is 6.07 Å². The first-order valence-electron chi connectivity index (χ1n) is 7.07. The van der Waals surface area contributed by atoms with Crippen LogP contribution in [0.4, 0.5) is 0 Å². The van der Waals surface area contributed by atoms with E-state index >= 15 is 0 Å². The highest BCUT2D eigenvalue weighted by Gasteiger charge is 2.13. The second-order valence-electron chi connectivity index (χ2n) is 5.01. The van der Waals surface area contributed by atoms with Gasteiger partial charge in [0.05, 0.1) is 4.88 Å². The largest absolute Gasteiger partial charge is 0.454 e. The molecular weight excluding hydrogens is 380 g/mol. The number of halogens is 1. The predicted molar refractivity (Wildman–Crippen MR) is 90.6 cm³/mol. The minimum Gasteiger partial charge on any atom is -0.454 e. The van der Waals surface area contributed by atoms with Gasteiger partial charge in [-0.25, -0.2) is 4.98 Å². The van der Waals surface area contributed by atoms with Crippen LogP contribution in [-0.4, -0.2) is 11.8 Å². The molecule has 2 aromatic heterocycles. The van der Waals surface area contributed by atoms with E-state index in [9.17, 15) is 0 Å². The minimum absolute atomic E-state index is 0.303. The third-order valence-corrected chi connectivity index (χ3v) is 4.85. The van der Waals surface area contributed by atoms with Crippen LogP contribution in [0.15, 0.2) is 45.6 Å². The number of fused-ring (bicyclic) bond motifs is 1. The highest BCUT2D eigenvalue weighted by atomic mass is 79.9. The topological polar surface area (TPSA) is 56.5 Å². The summed E-state index contributed by atoms with van der Waals surface area (Å²) < 4.78 is 17.0. The normalized spacial score (nSPS) is 12.7. The second kappa shape index (κ2) is 6.35. The molecule has 0 amide bonds. The molecule has 3 aromatic rings. The lowest BCUT2D eigenvalue weighted by Crippen LogP contribution is -2.12. The molecule has 0 radical (unpaired) electrons. The maximum atomic E-state index is 5.54. The van der Waals surface area contributed by atoms with Gasteiger partial charge in [-0.2, -0.15) is 0 Å². The molecule has 0 saturated carbocycles. The number of hydrogen-bond donors (Lipinski definition) is 1. The summed E-state index contributed by atoms with van der Waals surface area (Å²) in [7, 11) is 0. The summed E-state index contributed by atoms with van der Waals surface area (Å²) in [6.45, 7) is 1.76. The van der Waals surface area contributed by atoms with E-state index in [0.717, 1.165) is 43.9 Å². The van der Waals surface area contributed by atoms with Crippen molar-refractivity contribution in [2.24, 2.45) is 0 Å². The number of thiazole rings is 1. The molecule has 5 nitrogen and oxygen atoms in total. The molecular formula is C16H13BrN2O3S. The summed E-state index contributed by atoms with van der Waals surface area (Å²) in [6, 6.07) is 9.79. The van der Waals surface area contributed by atoms with Gasteiger partial charge >= 0.3 is 0 Å². The Balaban J connectivity index is 1.35. The van der Waals surface area contributed by atoms with Crippen LogP contribution in [0.5, 0.6) is 11.5 Å². The molecule has 7 heteroatoms. The van der Waals surface area contributed by atoms with Crippen LogP contribution in [0.1, 0.15) is 10.6 Å². The lowest BCUT2D eigenvalue weighted by molar-refractivity contribution is 0.174. The van der Waals surface area contributed by atoms with Gasteiger partial charge in [-0.05, 0) is 45.8 Å². The average molecular weight is 393 g/mol. The summed E-state index contributed by atoms with van der Waals surface area (Å²) in [5.41, 5.74) is 1.15. The Labute approximate surface area is 145 Å². The van der Waals surface area contributed by atoms with Gasteiger partial charge in [0.2, 0.25) is 6.79 Å². The standard InChI is InChI=1S/C16H13BrN2O3S/c17-15-4-3-12(22-15)14-7-19-16(23-14)8-18-6-10-1-2-11-13(5-10)21-9-20-11/h1-5,7,18H,6,8-9H2. The molecule has 23 heavy (non-hydrogen) atoms. The van der Waals surface area contributed by atoms with E-state index in [1.54, 1.807) is 11.3 Å².